The molecule has 2 fully saturated rings. The number of hydrogen-bond donors (Lipinski definition) is 1. The monoisotopic (exact) mass is 377 g/mol. The van der Waals surface area contributed by atoms with E-state index in [0.717, 1.165) is 18.8 Å². The van der Waals surface area contributed by atoms with Crippen LogP contribution in [0.3, 0.4) is 0 Å². The standard InChI is InChI=1S/C24H31N3O/c1-19-11-13-21(14-12-19)25-24(28)18-27-16-6-10-23(27)22-9-5-15-26(22)17-20-7-3-2-4-8-20/h2-4,7-8,11-14,22-23H,5-6,9-10,15-18H2,1H3,(H,25,28). The number of nitrogens with one attached hydrogen (secondary N) is 1. The van der Waals surface area contributed by atoms with Crippen LogP contribution in [0.1, 0.15) is 36.8 Å². The molecule has 0 spiro atoms. The summed E-state index contributed by atoms with van der Waals surface area (Å²) < 4.78 is 0. The molecular formula is C24H31N3O. The minimum absolute atomic E-state index is 0.100. The average molecular weight is 378 g/mol. The van der Waals surface area contributed by atoms with Crippen LogP contribution < -0.4 is 5.32 Å². The molecule has 2 heterocycles. The van der Waals surface area contributed by atoms with Gasteiger partial charge in [-0.2, -0.15) is 0 Å². The van der Waals surface area contributed by atoms with E-state index in [1.54, 1.807) is 0 Å². The predicted octanol–water partition coefficient (Wildman–Crippen LogP) is 4.06. The highest BCUT2D eigenvalue weighted by Crippen LogP contribution is 2.31. The lowest BCUT2D eigenvalue weighted by Crippen LogP contribution is -2.48. The number of rotatable bonds is 6. The summed E-state index contributed by atoms with van der Waals surface area (Å²) in [4.78, 5) is 17.7. The third-order valence-electron chi connectivity index (χ3n) is 6.18. The minimum atomic E-state index is 0.100. The van der Waals surface area contributed by atoms with E-state index in [0.29, 0.717) is 18.6 Å². The molecule has 2 atom stereocenters. The second-order valence-corrected chi connectivity index (χ2v) is 8.26. The van der Waals surface area contributed by atoms with E-state index < -0.39 is 0 Å². The largest absolute Gasteiger partial charge is 0.325 e. The zero-order valence-electron chi connectivity index (χ0n) is 16.8. The number of carbonyl (C=O) groups excluding carboxylic acids is 1. The molecule has 2 aromatic carbocycles. The molecule has 2 saturated heterocycles. The van der Waals surface area contributed by atoms with Gasteiger partial charge in [-0.25, -0.2) is 0 Å². The lowest BCUT2D eigenvalue weighted by Gasteiger charge is -2.34. The van der Waals surface area contributed by atoms with E-state index >= 15 is 0 Å². The van der Waals surface area contributed by atoms with Gasteiger partial charge in [-0.3, -0.25) is 14.6 Å². The number of hydrogen-bond acceptors (Lipinski definition) is 3. The van der Waals surface area contributed by atoms with Gasteiger partial charge in [-0.1, -0.05) is 48.0 Å². The van der Waals surface area contributed by atoms with Crippen LogP contribution in [0.15, 0.2) is 54.6 Å². The topological polar surface area (TPSA) is 35.6 Å². The maximum atomic E-state index is 12.6. The zero-order chi connectivity index (χ0) is 19.3. The summed E-state index contributed by atoms with van der Waals surface area (Å²) in [6, 6.07) is 19.9. The molecule has 4 nitrogen and oxygen atoms in total. The number of likely N-dealkylation sites (tertiary alicyclic amines) is 2. The SMILES string of the molecule is Cc1ccc(NC(=O)CN2CCCC2C2CCCN2Cc2ccccc2)cc1. The van der Waals surface area contributed by atoms with Gasteiger partial charge < -0.3 is 5.32 Å². The van der Waals surface area contributed by atoms with Gasteiger partial charge in [0.05, 0.1) is 6.54 Å². The number of amides is 1. The Morgan fingerprint density at radius 2 is 1.57 bits per heavy atom. The minimum Gasteiger partial charge on any atom is -0.325 e. The van der Waals surface area contributed by atoms with Crippen molar-refractivity contribution in [3.63, 3.8) is 0 Å². The molecule has 2 aromatic rings. The molecule has 1 N–H and O–H groups in total. The Morgan fingerprint density at radius 1 is 0.929 bits per heavy atom. The molecule has 2 aliphatic heterocycles. The second kappa shape index (κ2) is 8.89. The number of benzene rings is 2. The Bertz CT molecular complexity index is 774. The lowest BCUT2D eigenvalue weighted by molar-refractivity contribution is -0.117. The molecule has 1 amide bonds. The van der Waals surface area contributed by atoms with Crippen molar-refractivity contribution in [3.8, 4) is 0 Å². The number of aryl methyl sites for hydroxylation is 1. The quantitative estimate of drug-likeness (QED) is 0.824. The zero-order valence-corrected chi connectivity index (χ0v) is 16.8. The number of nitrogens with zero attached hydrogens (tertiary/aromatic N) is 2. The van der Waals surface area contributed by atoms with Crippen LogP contribution in [0, 0.1) is 6.92 Å². The van der Waals surface area contributed by atoms with Gasteiger partial charge in [0.2, 0.25) is 5.91 Å². The Hall–Kier alpha value is -2.17. The molecule has 0 saturated carbocycles. The molecule has 0 aliphatic carbocycles. The van der Waals surface area contributed by atoms with Gasteiger partial charge in [-0.05, 0) is 63.4 Å². The Morgan fingerprint density at radius 3 is 2.29 bits per heavy atom. The smallest absolute Gasteiger partial charge is 0.238 e. The van der Waals surface area contributed by atoms with Crippen LogP contribution in [0.5, 0.6) is 0 Å². The van der Waals surface area contributed by atoms with Crippen molar-refractivity contribution in [2.45, 2.75) is 51.2 Å². The van der Waals surface area contributed by atoms with E-state index in [1.165, 1.54) is 43.4 Å². The first kappa shape index (κ1) is 19.2. The number of anilines is 1. The highest BCUT2D eigenvalue weighted by Gasteiger charge is 2.38. The van der Waals surface area contributed by atoms with E-state index in [9.17, 15) is 4.79 Å². The van der Waals surface area contributed by atoms with Gasteiger partial charge in [0, 0.05) is 24.3 Å². The van der Waals surface area contributed by atoms with Crippen molar-refractivity contribution in [3.05, 3.63) is 65.7 Å². The fourth-order valence-corrected chi connectivity index (χ4v) is 4.81. The fourth-order valence-electron chi connectivity index (χ4n) is 4.81. The van der Waals surface area contributed by atoms with E-state index in [1.807, 2.05) is 24.3 Å². The Kier molecular flexibility index (Phi) is 6.08. The van der Waals surface area contributed by atoms with Crippen molar-refractivity contribution in [2.75, 3.05) is 25.0 Å². The van der Waals surface area contributed by atoms with E-state index in [2.05, 4.69) is 52.4 Å². The molecule has 28 heavy (non-hydrogen) atoms. The van der Waals surface area contributed by atoms with Crippen molar-refractivity contribution >= 4 is 11.6 Å². The Balaban J connectivity index is 1.37. The van der Waals surface area contributed by atoms with E-state index in [-0.39, 0.29) is 5.91 Å². The predicted molar refractivity (Wildman–Crippen MR) is 114 cm³/mol. The first-order valence-corrected chi connectivity index (χ1v) is 10.6. The van der Waals surface area contributed by atoms with Crippen LogP contribution in [0.4, 0.5) is 5.69 Å². The highest BCUT2D eigenvalue weighted by molar-refractivity contribution is 5.92. The maximum Gasteiger partial charge on any atom is 0.238 e. The summed E-state index contributed by atoms with van der Waals surface area (Å²) in [6.45, 7) is 5.77. The fraction of sp³-hybridized carbons (Fsp3) is 0.458. The molecule has 0 radical (unpaired) electrons. The van der Waals surface area contributed by atoms with Crippen LogP contribution in [0.2, 0.25) is 0 Å². The summed E-state index contributed by atoms with van der Waals surface area (Å²) >= 11 is 0. The van der Waals surface area contributed by atoms with Crippen LogP contribution >= 0.6 is 0 Å². The van der Waals surface area contributed by atoms with E-state index in [4.69, 9.17) is 0 Å². The molecule has 0 aromatic heterocycles. The van der Waals surface area contributed by atoms with Gasteiger partial charge >= 0.3 is 0 Å². The third kappa shape index (κ3) is 4.62. The van der Waals surface area contributed by atoms with Crippen molar-refractivity contribution in [2.24, 2.45) is 0 Å². The molecule has 4 rings (SSSR count). The lowest BCUT2D eigenvalue weighted by atomic mass is 10.0. The molecule has 0 bridgehead atoms. The van der Waals surface area contributed by atoms with Gasteiger partial charge in [0.1, 0.15) is 0 Å². The van der Waals surface area contributed by atoms with Gasteiger partial charge in [-0.15, -0.1) is 0 Å². The first-order valence-electron chi connectivity index (χ1n) is 10.6. The van der Waals surface area contributed by atoms with Crippen molar-refractivity contribution < 1.29 is 4.79 Å². The number of carbonyl (C=O) groups is 1. The van der Waals surface area contributed by atoms with Gasteiger partial charge in [0.25, 0.3) is 0 Å². The van der Waals surface area contributed by atoms with Crippen LogP contribution in [-0.4, -0.2) is 47.4 Å². The third-order valence-corrected chi connectivity index (χ3v) is 6.18. The molecule has 148 valence electrons. The van der Waals surface area contributed by atoms with Crippen molar-refractivity contribution in [1.29, 1.82) is 0 Å². The Labute approximate surface area is 168 Å². The molecular weight excluding hydrogens is 346 g/mol. The van der Waals surface area contributed by atoms with Gasteiger partial charge in [0.15, 0.2) is 0 Å². The maximum absolute atomic E-state index is 12.6. The summed E-state index contributed by atoms with van der Waals surface area (Å²) in [5.74, 6) is 0.100. The molecule has 4 heteroatoms. The van der Waals surface area contributed by atoms with Crippen LogP contribution in [-0.2, 0) is 11.3 Å². The summed E-state index contributed by atoms with van der Waals surface area (Å²) in [5.41, 5.74) is 3.48. The highest BCUT2D eigenvalue weighted by atomic mass is 16.2. The first-order chi connectivity index (χ1) is 13.7. The van der Waals surface area contributed by atoms with Crippen LogP contribution in [0.25, 0.3) is 0 Å². The molecule has 2 unspecified atom stereocenters. The second-order valence-electron chi connectivity index (χ2n) is 8.26. The average Bonchev–Trinajstić information content (AvgIpc) is 3.33. The van der Waals surface area contributed by atoms with Crippen molar-refractivity contribution in [1.82, 2.24) is 9.80 Å². The summed E-state index contributed by atoms with van der Waals surface area (Å²) in [5, 5.41) is 3.06. The normalized spacial score (nSPS) is 23.2. The molecule has 2 aliphatic rings. The summed E-state index contributed by atoms with van der Waals surface area (Å²) in [6.07, 6.45) is 4.90. The summed E-state index contributed by atoms with van der Waals surface area (Å²) in [7, 11) is 0.